The quantitative estimate of drug-likeness (QED) is 0.790. The van der Waals surface area contributed by atoms with E-state index in [0.29, 0.717) is 16.9 Å². The summed E-state index contributed by atoms with van der Waals surface area (Å²) in [6.45, 7) is 2.84. The molecule has 1 saturated heterocycles. The Morgan fingerprint density at radius 3 is 2.52 bits per heavy atom. The highest BCUT2D eigenvalue weighted by Gasteiger charge is 2.26. The molecule has 2 heterocycles. The highest BCUT2D eigenvalue weighted by Crippen LogP contribution is 2.28. The van der Waals surface area contributed by atoms with Crippen molar-refractivity contribution in [2.24, 2.45) is 5.92 Å². The summed E-state index contributed by atoms with van der Waals surface area (Å²) in [4.78, 5) is 15.8. The molecule has 4 rings (SSSR count). The summed E-state index contributed by atoms with van der Waals surface area (Å²) in [6.07, 6.45) is 4.76. The summed E-state index contributed by atoms with van der Waals surface area (Å²) < 4.78 is 0. The van der Waals surface area contributed by atoms with Gasteiger partial charge in [0, 0.05) is 29.7 Å². The van der Waals surface area contributed by atoms with Crippen molar-refractivity contribution in [2.75, 3.05) is 19.6 Å². The Bertz CT molecular complexity index is 753. The Hall–Kier alpha value is -1.70. The third-order valence-corrected chi connectivity index (χ3v) is 5.32. The second-order valence-corrected chi connectivity index (χ2v) is 7.59. The summed E-state index contributed by atoms with van der Waals surface area (Å²) in [5.41, 5.74) is 0.829. The molecule has 1 saturated carbocycles. The van der Waals surface area contributed by atoms with Gasteiger partial charge in [-0.15, -0.1) is 22.6 Å². The number of benzene rings is 1. The third-order valence-electron chi connectivity index (χ3n) is 5.07. The number of tetrazole rings is 1. The molecule has 1 aromatic carbocycles. The maximum Gasteiger partial charge on any atom is 0.246 e. The normalized spacial score (nSPS) is 17.6. The average molecular weight is 411 g/mol. The number of hydrogen-bond donors (Lipinski definition) is 1. The van der Waals surface area contributed by atoms with E-state index in [1.807, 2.05) is 17.0 Å². The number of aromatic nitrogens is 4. The van der Waals surface area contributed by atoms with Gasteiger partial charge in [0.15, 0.2) is 0 Å². The highest BCUT2D eigenvalue weighted by molar-refractivity contribution is 6.30. The molecule has 1 aromatic heterocycles. The van der Waals surface area contributed by atoms with Gasteiger partial charge in [0.1, 0.15) is 6.54 Å². The van der Waals surface area contributed by atoms with Crippen LogP contribution in [0, 0.1) is 5.92 Å². The van der Waals surface area contributed by atoms with Crippen LogP contribution in [0.4, 0.5) is 0 Å². The van der Waals surface area contributed by atoms with Crippen molar-refractivity contribution in [1.82, 2.24) is 30.4 Å². The van der Waals surface area contributed by atoms with Crippen LogP contribution in [0.3, 0.4) is 0 Å². The lowest BCUT2D eigenvalue weighted by molar-refractivity contribution is -0.133. The van der Waals surface area contributed by atoms with Crippen molar-refractivity contribution in [3.63, 3.8) is 0 Å². The molecule has 9 heteroatoms. The van der Waals surface area contributed by atoms with E-state index >= 15 is 0 Å². The number of carbonyl (C=O) groups is 1. The molecule has 1 aliphatic heterocycles. The maximum atomic E-state index is 12.5. The molecular formula is C18H24Cl2N6O. The molecule has 2 aromatic rings. The summed E-state index contributed by atoms with van der Waals surface area (Å²) in [5.74, 6) is 1.44. The fourth-order valence-corrected chi connectivity index (χ4v) is 3.36. The molecule has 0 unspecified atom stereocenters. The number of likely N-dealkylation sites (tertiary alicyclic amines) is 1. The number of hydrogen-bond acceptors (Lipinski definition) is 5. The number of nitrogens with zero attached hydrogens (tertiary/aromatic N) is 5. The topological polar surface area (TPSA) is 75.9 Å². The van der Waals surface area contributed by atoms with Crippen LogP contribution in [0.25, 0.3) is 11.4 Å². The molecule has 7 nitrogen and oxygen atoms in total. The van der Waals surface area contributed by atoms with Gasteiger partial charge < -0.3 is 10.2 Å². The number of carbonyl (C=O) groups excluding carboxylic acids is 1. The molecule has 1 aliphatic carbocycles. The molecule has 0 radical (unpaired) electrons. The van der Waals surface area contributed by atoms with Crippen LogP contribution in [-0.4, -0.2) is 56.7 Å². The minimum Gasteiger partial charge on any atom is -0.341 e. The molecule has 1 amide bonds. The molecule has 0 atom stereocenters. The Kier molecular flexibility index (Phi) is 6.68. The first-order chi connectivity index (χ1) is 12.7. The van der Waals surface area contributed by atoms with Crippen molar-refractivity contribution in [1.29, 1.82) is 0 Å². The molecule has 0 spiro atoms. The fraction of sp³-hybridized carbons (Fsp3) is 0.556. The van der Waals surface area contributed by atoms with Crippen LogP contribution < -0.4 is 5.32 Å². The van der Waals surface area contributed by atoms with Crippen LogP contribution in [0.1, 0.15) is 25.7 Å². The minimum atomic E-state index is 0. The first-order valence-corrected chi connectivity index (χ1v) is 9.60. The van der Waals surface area contributed by atoms with Crippen molar-refractivity contribution >= 4 is 29.9 Å². The van der Waals surface area contributed by atoms with Crippen LogP contribution in [0.5, 0.6) is 0 Å². The second-order valence-electron chi connectivity index (χ2n) is 7.16. The van der Waals surface area contributed by atoms with Gasteiger partial charge in [-0.1, -0.05) is 11.6 Å². The van der Waals surface area contributed by atoms with Gasteiger partial charge in [0.25, 0.3) is 0 Å². The summed E-state index contributed by atoms with van der Waals surface area (Å²) >= 11 is 5.89. The predicted molar refractivity (Wildman–Crippen MR) is 106 cm³/mol. The zero-order chi connectivity index (χ0) is 17.9. The summed E-state index contributed by atoms with van der Waals surface area (Å²) in [7, 11) is 0. The zero-order valence-electron chi connectivity index (χ0n) is 15.1. The minimum absolute atomic E-state index is 0. The second kappa shape index (κ2) is 8.99. The summed E-state index contributed by atoms with van der Waals surface area (Å²) in [5, 5.41) is 16.6. The predicted octanol–water partition coefficient (Wildman–Crippen LogP) is 2.41. The van der Waals surface area contributed by atoms with Crippen LogP contribution in [-0.2, 0) is 11.3 Å². The Morgan fingerprint density at radius 2 is 1.85 bits per heavy atom. The SMILES string of the molecule is Cl.O=C(Cn1nnc(-c2ccc(Cl)cc2)n1)N1CCC(NCC2CC2)CC1. The smallest absolute Gasteiger partial charge is 0.246 e. The van der Waals surface area contributed by atoms with E-state index in [1.54, 1.807) is 12.1 Å². The van der Waals surface area contributed by atoms with Crippen LogP contribution >= 0.6 is 24.0 Å². The van der Waals surface area contributed by atoms with E-state index in [1.165, 1.54) is 17.6 Å². The van der Waals surface area contributed by atoms with Gasteiger partial charge in [0.2, 0.25) is 11.7 Å². The van der Waals surface area contributed by atoms with E-state index < -0.39 is 0 Å². The van der Waals surface area contributed by atoms with E-state index in [0.717, 1.165) is 44.0 Å². The van der Waals surface area contributed by atoms with E-state index in [-0.39, 0.29) is 24.9 Å². The first-order valence-electron chi connectivity index (χ1n) is 9.22. The van der Waals surface area contributed by atoms with Gasteiger partial charge in [-0.25, -0.2) is 0 Å². The van der Waals surface area contributed by atoms with Crippen molar-refractivity contribution < 1.29 is 4.79 Å². The van der Waals surface area contributed by atoms with Crippen LogP contribution in [0.2, 0.25) is 5.02 Å². The number of amides is 1. The van der Waals surface area contributed by atoms with Crippen molar-refractivity contribution in [2.45, 2.75) is 38.3 Å². The van der Waals surface area contributed by atoms with Gasteiger partial charge in [-0.2, -0.15) is 4.80 Å². The van der Waals surface area contributed by atoms with E-state index in [2.05, 4.69) is 20.7 Å². The lowest BCUT2D eigenvalue weighted by Crippen LogP contribution is -2.46. The Balaban J connectivity index is 0.00000210. The Labute approximate surface area is 169 Å². The molecule has 0 bridgehead atoms. The van der Waals surface area contributed by atoms with Gasteiger partial charge in [-0.3, -0.25) is 4.79 Å². The first kappa shape index (κ1) is 20.0. The Morgan fingerprint density at radius 1 is 1.15 bits per heavy atom. The van der Waals surface area contributed by atoms with E-state index in [9.17, 15) is 4.79 Å². The summed E-state index contributed by atoms with van der Waals surface area (Å²) in [6, 6.07) is 7.78. The fourth-order valence-electron chi connectivity index (χ4n) is 3.23. The zero-order valence-corrected chi connectivity index (χ0v) is 16.6. The van der Waals surface area contributed by atoms with Crippen LogP contribution in [0.15, 0.2) is 24.3 Å². The number of nitrogens with one attached hydrogen (secondary N) is 1. The lowest BCUT2D eigenvalue weighted by atomic mass is 10.0. The third kappa shape index (κ3) is 5.40. The number of piperidine rings is 1. The number of halogens is 2. The van der Waals surface area contributed by atoms with Gasteiger partial charge in [0.05, 0.1) is 0 Å². The molecule has 1 N–H and O–H groups in total. The lowest BCUT2D eigenvalue weighted by Gasteiger charge is -2.32. The highest BCUT2D eigenvalue weighted by atomic mass is 35.5. The number of rotatable bonds is 6. The monoisotopic (exact) mass is 410 g/mol. The molecule has 146 valence electrons. The van der Waals surface area contributed by atoms with Crippen molar-refractivity contribution in [3.05, 3.63) is 29.3 Å². The molecule has 2 aliphatic rings. The van der Waals surface area contributed by atoms with E-state index in [4.69, 9.17) is 11.6 Å². The molecule has 27 heavy (non-hydrogen) atoms. The standard InChI is InChI=1S/C18H23ClN6O.ClH/c19-15-5-3-14(4-6-15)18-21-23-25(22-18)12-17(26)24-9-7-16(8-10-24)20-11-13-1-2-13;/h3-6,13,16,20H,1-2,7-12H2;1H. The van der Waals surface area contributed by atoms with Crippen molar-refractivity contribution in [3.8, 4) is 11.4 Å². The van der Waals surface area contributed by atoms with Gasteiger partial charge >= 0.3 is 0 Å². The maximum absolute atomic E-state index is 12.5. The van der Waals surface area contributed by atoms with Gasteiger partial charge in [-0.05, 0) is 67.6 Å². The average Bonchev–Trinajstić information content (AvgIpc) is 3.38. The molecule has 2 fully saturated rings. The largest absolute Gasteiger partial charge is 0.341 e. The molecular weight excluding hydrogens is 387 g/mol.